The topological polar surface area (TPSA) is 155 Å². The number of amides is 4. The van der Waals surface area contributed by atoms with Crippen LogP contribution in [0, 0.1) is 6.92 Å². The molecule has 4 amide bonds. The van der Waals surface area contributed by atoms with Gasteiger partial charge in [0.2, 0.25) is 11.8 Å². The average Bonchev–Trinajstić information content (AvgIpc) is 3.61. The number of aromatic nitrogens is 5. The molecule has 2 aromatic heterocycles. The Morgan fingerprint density at radius 2 is 2.03 bits per heavy atom. The van der Waals surface area contributed by atoms with Gasteiger partial charge in [0.25, 0.3) is 11.8 Å². The molecule has 1 atom stereocenters. The van der Waals surface area contributed by atoms with Crippen LogP contribution in [0.3, 0.4) is 0 Å². The molecule has 2 aliphatic heterocycles. The van der Waals surface area contributed by atoms with Crippen LogP contribution in [0.25, 0.3) is 16.6 Å². The van der Waals surface area contributed by atoms with E-state index in [4.69, 9.17) is 0 Å². The first-order chi connectivity index (χ1) is 17.4. The zero-order valence-electron chi connectivity index (χ0n) is 19.1. The number of nitrogens with one attached hydrogen (secondary N) is 3. The fourth-order valence-corrected chi connectivity index (χ4v) is 4.64. The highest BCUT2D eigenvalue weighted by Crippen LogP contribution is 2.29. The van der Waals surface area contributed by atoms with Crippen LogP contribution in [0.2, 0.25) is 0 Å². The van der Waals surface area contributed by atoms with Crippen LogP contribution < -0.4 is 10.6 Å². The number of H-pyrrole nitrogens is 1. The fourth-order valence-electron chi connectivity index (χ4n) is 4.64. The Hall–Kier alpha value is -4.87. The molecule has 36 heavy (non-hydrogen) atoms. The molecule has 12 nitrogen and oxygen atoms in total. The van der Waals surface area contributed by atoms with Crippen LogP contribution in [0.1, 0.15) is 44.8 Å². The molecule has 1 saturated heterocycles. The van der Waals surface area contributed by atoms with Crippen molar-refractivity contribution in [2.45, 2.75) is 32.4 Å². The smallest absolute Gasteiger partial charge is 0.277 e. The lowest BCUT2D eigenvalue weighted by atomic mass is 10.0. The summed E-state index contributed by atoms with van der Waals surface area (Å²) >= 11 is 0. The SMILES string of the molecule is Cc1ccc(NC(=O)c2cn(-c3ccc4c(c3)C(=O)N(C3CCC(=O)NC3=O)C4)nn2)c2[nH]ncc12. The molecule has 0 spiro atoms. The number of hydrogen-bond acceptors (Lipinski definition) is 7. The van der Waals surface area contributed by atoms with E-state index < -0.39 is 17.9 Å². The number of hydrogen-bond donors (Lipinski definition) is 3. The van der Waals surface area contributed by atoms with Crippen LogP contribution in [-0.4, -0.2) is 59.8 Å². The number of benzene rings is 2. The molecule has 180 valence electrons. The van der Waals surface area contributed by atoms with Crippen molar-refractivity contribution in [2.75, 3.05) is 5.32 Å². The Kier molecular flexibility index (Phi) is 4.88. The molecule has 0 radical (unpaired) electrons. The Morgan fingerprint density at radius 3 is 2.86 bits per heavy atom. The summed E-state index contributed by atoms with van der Waals surface area (Å²) < 4.78 is 1.41. The van der Waals surface area contributed by atoms with Gasteiger partial charge in [0.05, 0.1) is 29.3 Å². The third-order valence-corrected chi connectivity index (χ3v) is 6.58. The first-order valence-corrected chi connectivity index (χ1v) is 11.3. The maximum absolute atomic E-state index is 13.1. The van der Waals surface area contributed by atoms with Crippen LogP contribution in [0.4, 0.5) is 5.69 Å². The molecule has 0 saturated carbocycles. The van der Waals surface area contributed by atoms with Gasteiger partial charge in [0.1, 0.15) is 6.04 Å². The molecule has 0 aliphatic carbocycles. The minimum absolute atomic E-state index is 0.0974. The minimum atomic E-state index is -0.684. The van der Waals surface area contributed by atoms with Crippen molar-refractivity contribution in [2.24, 2.45) is 0 Å². The molecule has 4 aromatic rings. The van der Waals surface area contributed by atoms with E-state index in [1.54, 1.807) is 30.5 Å². The molecule has 2 aliphatic rings. The van der Waals surface area contributed by atoms with Crippen LogP contribution in [-0.2, 0) is 16.1 Å². The van der Waals surface area contributed by atoms with E-state index in [1.807, 2.05) is 13.0 Å². The summed E-state index contributed by atoms with van der Waals surface area (Å²) in [6.07, 6.45) is 3.67. The Morgan fingerprint density at radius 1 is 1.17 bits per heavy atom. The summed E-state index contributed by atoms with van der Waals surface area (Å²) in [4.78, 5) is 51.1. The number of carbonyl (C=O) groups excluding carboxylic acids is 4. The van der Waals surface area contributed by atoms with Gasteiger partial charge in [-0.05, 0) is 42.7 Å². The van der Waals surface area contributed by atoms with Gasteiger partial charge in [-0.25, -0.2) is 4.68 Å². The van der Waals surface area contributed by atoms with E-state index in [9.17, 15) is 19.2 Å². The summed E-state index contributed by atoms with van der Waals surface area (Å²) in [5.41, 5.74) is 4.18. The number of imide groups is 1. The second-order valence-electron chi connectivity index (χ2n) is 8.83. The van der Waals surface area contributed by atoms with Crippen molar-refractivity contribution in [1.82, 2.24) is 35.4 Å². The standard InChI is InChI=1S/C24H20N8O4/c1-12-2-5-17(21-16(12)9-25-29-21)26-22(34)18-11-32(30-28-18)14-4-3-13-10-31(24(36)15(13)8-14)19-6-7-20(33)27-23(19)35/h2-5,8-9,11,19H,6-7,10H2,1H3,(H,25,29)(H,26,34)(H,27,33,35). The Bertz CT molecular complexity index is 1590. The summed E-state index contributed by atoms with van der Waals surface area (Å²) in [5, 5.41) is 21.0. The number of aryl methyl sites for hydroxylation is 1. The quantitative estimate of drug-likeness (QED) is 0.371. The molecule has 0 bridgehead atoms. The van der Waals surface area contributed by atoms with Crippen LogP contribution in [0.15, 0.2) is 42.7 Å². The summed E-state index contributed by atoms with van der Waals surface area (Å²) in [6.45, 7) is 2.24. The summed E-state index contributed by atoms with van der Waals surface area (Å²) in [7, 11) is 0. The maximum Gasteiger partial charge on any atom is 0.277 e. The zero-order chi connectivity index (χ0) is 25.0. The van der Waals surface area contributed by atoms with Crippen molar-refractivity contribution in [3.05, 3.63) is 65.1 Å². The third kappa shape index (κ3) is 3.50. The van der Waals surface area contributed by atoms with E-state index in [-0.39, 0.29) is 30.5 Å². The lowest BCUT2D eigenvalue weighted by Crippen LogP contribution is -2.52. The molecule has 2 aromatic carbocycles. The second kappa shape index (κ2) is 8.12. The largest absolute Gasteiger partial charge is 0.322 e. The van der Waals surface area contributed by atoms with Gasteiger partial charge in [0, 0.05) is 23.9 Å². The number of fused-ring (bicyclic) bond motifs is 2. The highest BCUT2D eigenvalue weighted by Gasteiger charge is 2.39. The lowest BCUT2D eigenvalue weighted by molar-refractivity contribution is -0.136. The number of anilines is 1. The molecular weight excluding hydrogens is 464 g/mol. The lowest BCUT2D eigenvalue weighted by Gasteiger charge is -2.29. The highest BCUT2D eigenvalue weighted by atomic mass is 16.2. The predicted molar refractivity (Wildman–Crippen MR) is 126 cm³/mol. The fraction of sp³-hybridized carbons (Fsp3) is 0.208. The first kappa shape index (κ1) is 21.6. The average molecular weight is 484 g/mol. The Labute approximate surface area is 203 Å². The van der Waals surface area contributed by atoms with Crippen molar-refractivity contribution in [3.8, 4) is 5.69 Å². The maximum atomic E-state index is 13.1. The second-order valence-corrected chi connectivity index (χ2v) is 8.83. The zero-order valence-corrected chi connectivity index (χ0v) is 19.1. The summed E-state index contributed by atoms with van der Waals surface area (Å²) in [5.74, 6) is -1.52. The number of piperidine rings is 1. The van der Waals surface area contributed by atoms with Crippen molar-refractivity contribution in [3.63, 3.8) is 0 Å². The van der Waals surface area contributed by atoms with Gasteiger partial charge >= 0.3 is 0 Å². The van der Waals surface area contributed by atoms with E-state index in [1.165, 1.54) is 15.8 Å². The molecule has 1 fully saturated rings. The van der Waals surface area contributed by atoms with Crippen molar-refractivity contribution >= 4 is 40.2 Å². The molecule has 12 heteroatoms. The van der Waals surface area contributed by atoms with Gasteiger partial charge in [0.15, 0.2) is 5.69 Å². The number of rotatable bonds is 4. The van der Waals surface area contributed by atoms with Crippen molar-refractivity contribution in [1.29, 1.82) is 0 Å². The van der Waals surface area contributed by atoms with Gasteiger partial charge in [-0.3, -0.25) is 29.6 Å². The number of aromatic amines is 1. The predicted octanol–water partition coefficient (Wildman–Crippen LogP) is 1.47. The summed E-state index contributed by atoms with van der Waals surface area (Å²) in [6, 6.07) is 8.22. The molecular formula is C24H20N8O4. The van der Waals surface area contributed by atoms with E-state index in [2.05, 4.69) is 31.1 Å². The van der Waals surface area contributed by atoms with Gasteiger partial charge in [-0.1, -0.05) is 17.3 Å². The number of carbonyl (C=O) groups is 4. The normalized spacial score (nSPS) is 17.4. The van der Waals surface area contributed by atoms with E-state index >= 15 is 0 Å². The highest BCUT2D eigenvalue weighted by molar-refractivity contribution is 6.08. The van der Waals surface area contributed by atoms with Gasteiger partial charge in [-0.2, -0.15) is 5.10 Å². The first-order valence-electron chi connectivity index (χ1n) is 11.3. The monoisotopic (exact) mass is 484 g/mol. The Balaban J connectivity index is 1.22. The molecule has 1 unspecified atom stereocenters. The van der Waals surface area contributed by atoms with E-state index in [0.29, 0.717) is 28.9 Å². The van der Waals surface area contributed by atoms with Gasteiger partial charge in [-0.15, -0.1) is 5.10 Å². The molecule has 6 rings (SSSR count). The van der Waals surface area contributed by atoms with Crippen molar-refractivity contribution < 1.29 is 19.2 Å². The minimum Gasteiger partial charge on any atom is -0.322 e. The van der Waals surface area contributed by atoms with Gasteiger partial charge < -0.3 is 10.2 Å². The molecule has 4 heterocycles. The van der Waals surface area contributed by atoms with E-state index in [0.717, 1.165) is 16.5 Å². The van der Waals surface area contributed by atoms with Crippen LogP contribution >= 0.6 is 0 Å². The molecule has 3 N–H and O–H groups in total. The third-order valence-electron chi connectivity index (χ3n) is 6.58. The number of nitrogens with zero attached hydrogens (tertiary/aromatic N) is 5. The van der Waals surface area contributed by atoms with Crippen LogP contribution in [0.5, 0.6) is 0 Å².